The fraction of sp³-hybridized carbons (Fsp3) is 0.394. The van der Waals surface area contributed by atoms with Gasteiger partial charge in [0.2, 0.25) is 0 Å². The number of carbonyl (C=O) groups is 2. The number of aliphatic carboxylic acids is 1. The second kappa shape index (κ2) is 11.8. The molecule has 224 valence electrons. The van der Waals surface area contributed by atoms with Gasteiger partial charge in [-0.3, -0.25) is 9.59 Å². The van der Waals surface area contributed by atoms with Crippen molar-refractivity contribution in [3.63, 3.8) is 0 Å². The molecule has 4 aromatic rings. The number of carboxylic acids is 1. The predicted molar refractivity (Wildman–Crippen MR) is 166 cm³/mol. The van der Waals surface area contributed by atoms with Crippen LogP contribution >= 0.6 is 11.3 Å². The standard InChI is InChI=1S/C33H37N5O4S/c1-20-5-10-28(26(13-20)27-19-43-33(35-27)38-15-23-7-8-24(16-38)30(23)32(40)41)42-18-25-9-6-22(14-21(25)2)31(39)37(4)17-29-34-11-12-36(29)3/h5-6,9-14,19,23-24,30H,7-8,15-18H2,1-4H3,(H,40,41)/t23-,24?,30?/m0/s1. The van der Waals surface area contributed by atoms with E-state index in [4.69, 9.17) is 9.72 Å². The van der Waals surface area contributed by atoms with E-state index in [-0.39, 0.29) is 23.7 Å². The molecule has 2 aromatic carbocycles. The number of aromatic nitrogens is 3. The molecule has 2 bridgehead atoms. The van der Waals surface area contributed by atoms with Crippen LogP contribution in [0.25, 0.3) is 11.3 Å². The van der Waals surface area contributed by atoms with E-state index in [1.165, 1.54) is 0 Å². The van der Waals surface area contributed by atoms with Crippen molar-refractivity contribution >= 4 is 28.3 Å². The van der Waals surface area contributed by atoms with Crippen molar-refractivity contribution in [1.82, 2.24) is 19.4 Å². The van der Waals surface area contributed by atoms with E-state index in [1.54, 1.807) is 29.5 Å². The number of benzene rings is 2. The van der Waals surface area contributed by atoms with Crippen LogP contribution in [-0.2, 0) is 25.0 Å². The molecule has 2 aromatic heterocycles. The van der Waals surface area contributed by atoms with Crippen LogP contribution in [0.2, 0.25) is 0 Å². The number of carbonyl (C=O) groups excluding carboxylic acids is 1. The predicted octanol–water partition coefficient (Wildman–Crippen LogP) is 5.56. The van der Waals surface area contributed by atoms with Crippen LogP contribution in [0.3, 0.4) is 0 Å². The van der Waals surface area contributed by atoms with E-state index in [0.717, 1.165) is 70.6 Å². The van der Waals surface area contributed by atoms with Gasteiger partial charge in [0.15, 0.2) is 5.13 Å². The molecule has 2 fully saturated rings. The Morgan fingerprint density at radius 2 is 1.88 bits per heavy atom. The maximum absolute atomic E-state index is 13.1. The van der Waals surface area contributed by atoms with Gasteiger partial charge in [0.1, 0.15) is 18.2 Å². The zero-order chi connectivity index (χ0) is 30.2. The monoisotopic (exact) mass is 599 g/mol. The quantitative estimate of drug-likeness (QED) is 0.269. The third kappa shape index (κ3) is 5.88. The lowest BCUT2D eigenvalue weighted by molar-refractivity contribution is -0.144. The molecule has 3 atom stereocenters. The van der Waals surface area contributed by atoms with E-state index in [2.05, 4.69) is 28.3 Å². The SMILES string of the molecule is Cc1ccc(OCc2ccc(C(=O)N(C)Cc3nccn3C)cc2C)c(-c2csc(N3CC4CC[C@@H](C3)C4C(=O)O)n2)c1. The van der Waals surface area contributed by atoms with Crippen LogP contribution in [0.5, 0.6) is 5.75 Å². The first-order valence-corrected chi connectivity index (χ1v) is 15.5. The molecule has 1 aliphatic carbocycles. The van der Waals surface area contributed by atoms with E-state index >= 15 is 0 Å². The van der Waals surface area contributed by atoms with Crippen LogP contribution in [0.4, 0.5) is 5.13 Å². The molecule has 6 rings (SSSR count). The number of piperidine rings is 1. The van der Waals surface area contributed by atoms with E-state index < -0.39 is 5.97 Å². The fourth-order valence-electron chi connectivity index (χ4n) is 6.48. The summed E-state index contributed by atoms with van der Waals surface area (Å²) in [5.74, 6) is 1.02. The summed E-state index contributed by atoms with van der Waals surface area (Å²) in [6.45, 7) is 6.34. The second-order valence-electron chi connectivity index (χ2n) is 11.9. The maximum atomic E-state index is 13.1. The number of imidazole rings is 1. The average molecular weight is 600 g/mol. The number of nitrogens with zero attached hydrogens (tertiary/aromatic N) is 5. The molecule has 0 spiro atoms. The number of thiazole rings is 1. The number of ether oxygens (including phenoxy) is 1. The van der Waals surface area contributed by atoms with Gasteiger partial charge in [-0.25, -0.2) is 9.97 Å². The highest BCUT2D eigenvalue weighted by Gasteiger charge is 2.46. The van der Waals surface area contributed by atoms with Crippen LogP contribution in [0.15, 0.2) is 54.2 Å². The Bertz CT molecular complexity index is 1650. The molecule has 1 N–H and O–H groups in total. The minimum Gasteiger partial charge on any atom is -0.488 e. The van der Waals surface area contributed by atoms with Crippen molar-refractivity contribution in [2.24, 2.45) is 24.8 Å². The summed E-state index contributed by atoms with van der Waals surface area (Å²) in [6, 6.07) is 11.8. The van der Waals surface area contributed by atoms with Crippen LogP contribution in [-0.4, -0.2) is 56.6 Å². The van der Waals surface area contributed by atoms with Gasteiger partial charge in [0.05, 0.1) is 18.2 Å². The number of fused-ring (bicyclic) bond motifs is 2. The number of hydrogen-bond acceptors (Lipinski definition) is 7. The van der Waals surface area contributed by atoms with E-state index in [0.29, 0.717) is 18.7 Å². The maximum Gasteiger partial charge on any atom is 0.307 e. The molecule has 0 radical (unpaired) electrons. The molecule has 3 heterocycles. The highest BCUT2D eigenvalue weighted by molar-refractivity contribution is 7.14. The minimum atomic E-state index is -0.655. The third-order valence-electron chi connectivity index (χ3n) is 8.91. The number of hydrogen-bond donors (Lipinski definition) is 1. The van der Waals surface area contributed by atoms with Gasteiger partial charge < -0.3 is 24.2 Å². The summed E-state index contributed by atoms with van der Waals surface area (Å²) >= 11 is 1.60. The Morgan fingerprint density at radius 3 is 2.56 bits per heavy atom. The Hall–Kier alpha value is -4.18. The van der Waals surface area contributed by atoms with Gasteiger partial charge >= 0.3 is 5.97 Å². The molecule has 1 saturated heterocycles. The average Bonchev–Trinajstić information content (AvgIpc) is 3.70. The van der Waals surface area contributed by atoms with Gasteiger partial charge in [-0.2, -0.15) is 0 Å². The molecule has 9 nitrogen and oxygen atoms in total. The summed E-state index contributed by atoms with van der Waals surface area (Å²) in [4.78, 5) is 38.1. The first-order chi connectivity index (χ1) is 20.7. The second-order valence-corrected chi connectivity index (χ2v) is 12.8. The molecular weight excluding hydrogens is 562 g/mol. The number of amides is 1. The third-order valence-corrected chi connectivity index (χ3v) is 9.81. The van der Waals surface area contributed by atoms with Gasteiger partial charge in [-0.1, -0.05) is 17.7 Å². The normalized spacial score (nSPS) is 19.4. The fourth-order valence-corrected chi connectivity index (χ4v) is 7.33. The number of carboxylic acid groups (broad SMARTS) is 1. The molecule has 2 unspecified atom stereocenters. The van der Waals surface area contributed by atoms with Crippen LogP contribution in [0, 0.1) is 31.6 Å². The van der Waals surface area contributed by atoms with Crippen molar-refractivity contribution in [2.75, 3.05) is 25.0 Å². The van der Waals surface area contributed by atoms with E-state index in [9.17, 15) is 14.7 Å². The molecular formula is C33H37N5O4S. The van der Waals surface area contributed by atoms with Crippen LogP contribution in [0.1, 0.15) is 45.7 Å². The van der Waals surface area contributed by atoms with Crippen molar-refractivity contribution in [1.29, 1.82) is 0 Å². The Labute approximate surface area is 255 Å². The van der Waals surface area contributed by atoms with Crippen LogP contribution < -0.4 is 9.64 Å². The van der Waals surface area contributed by atoms with Gasteiger partial charge in [0.25, 0.3) is 5.91 Å². The number of anilines is 1. The molecule has 2 aliphatic rings. The summed E-state index contributed by atoms with van der Waals surface area (Å²) in [5, 5.41) is 12.7. The lowest BCUT2D eigenvalue weighted by atomic mass is 9.85. The molecule has 1 amide bonds. The molecule has 43 heavy (non-hydrogen) atoms. The van der Waals surface area contributed by atoms with Gasteiger partial charge in [-0.15, -0.1) is 11.3 Å². The Morgan fingerprint density at radius 1 is 1.12 bits per heavy atom. The van der Waals surface area contributed by atoms with Crippen molar-refractivity contribution in [3.8, 4) is 17.0 Å². The summed E-state index contributed by atoms with van der Waals surface area (Å²) in [6.07, 6.45) is 5.55. The first kappa shape index (κ1) is 28.9. The highest BCUT2D eigenvalue weighted by Crippen LogP contribution is 2.44. The summed E-state index contributed by atoms with van der Waals surface area (Å²) < 4.78 is 8.27. The largest absolute Gasteiger partial charge is 0.488 e. The molecule has 1 aliphatic heterocycles. The van der Waals surface area contributed by atoms with Gasteiger partial charge in [-0.05, 0) is 73.9 Å². The minimum absolute atomic E-state index is 0.0566. The van der Waals surface area contributed by atoms with E-state index in [1.807, 2.05) is 55.1 Å². The zero-order valence-corrected chi connectivity index (χ0v) is 25.8. The van der Waals surface area contributed by atoms with Crippen molar-refractivity contribution in [2.45, 2.75) is 39.8 Å². The number of rotatable bonds is 9. The molecule has 1 saturated carbocycles. The summed E-state index contributed by atoms with van der Waals surface area (Å²) in [5.41, 5.74) is 5.53. The number of aryl methyl sites for hydroxylation is 3. The summed E-state index contributed by atoms with van der Waals surface area (Å²) in [7, 11) is 3.71. The zero-order valence-electron chi connectivity index (χ0n) is 25.0. The first-order valence-electron chi connectivity index (χ1n) is 14.7. The molecule has 10 heteroatoms. The lowest BCUT2D eigenvalue weighted by Crippen LogP contribution is -2.44. The Balaban J connectivity index is 1.14. The highest BCUT2D eigenvalue weighted by atomic mass is 32.1. The van der Waals surface area contributed by atoms with Gasteiger partial charge in [0, 0.05) is 56.1 Å². The Kier molecular flexibility index (Phi) is 7.96. The topological polar surface area (TPSA) is 101 Å². The van der Waals surface area contributed by atoms with Crippen molar-refractivity contribution < 1.29 is 19.4 Å². The lowest BCUT2D eigenvalue weighted by Gasteiger charge is -2.35. The van der Waals surface area contributed by atoms with Crippen molar-refractivity contribution in [3.05, 3.63) is 82.3 Å². The smallest absolute Gasteiger partial charge is 0.307 e.